The molecule has 0 atom stereocenters. The fourth-order valence-electron chi connectivity index (χ4n) is 1.95. The third kappa shape index (κ3) is 2.98. The normalized spacial score (nSPS) is 14.4. The van der Waals surface area contributed by atoms with Crippen LogP contribution < -0.4 is 16.0 Å². The Labute approximate surface area is 106 Å². The molecule has 0 radical (unpaired) electrons. The lowest BCUT2D eigenvalue weighted by Crippen LogP contribution is -2.37. The standard InChI is InChI=1S/C13H18FN3O/c1-17(8-12(18)16-10-5-6-10)13-9(7-15)3-2-4-11(13)14/h2-4,10H,5-8,15H2,1H3,(H,16,18). The third-order valence-corrected chi connectivity index (χ3v) is 3.00. The summed E-state index contributed by atoms with van der Waals surface area (Å²) in [5.74, 6) is -0.425. The molecule has 0 spiro atoms. The maximum Gasteiger partial charge on any atom is 0.239 e. The van der Waals surface area contributed by atoms with Gasteiger partial charge < -0.3 is 16.0 Å². The van der Waals surface area contributed by atoms with Gasteiger partial charge in [-0.2, -0.15) is 0 Å². The zero-order chi connectivity index (χ0) is 13.1. The summed E-state index contributed by atoms with van der Waals surface area (Å²) < 4.78 is 13.8. The molecule has 4 nitrogen and oxygen atoms in total. The molecule has 0 aromatic heterocycles. The molecule has 1 saturated carbocycles. The Bertz CT molecular complexity index is 446. The van der Waals surface area contributed by atoms with Crippen molar-refractivity contribution in [1.82, 2.24) is 5.32 Å². The van der Waals surface area contributed by atoms with Gasteiger partial charge in [0.2, 0.25) is 5.91 Å². The van der Waals surface area contributed by atoms with Crippen molar-refractivity contribution >= 4 is 11.6 Å². The first-order valence-electron chi connectivity index (χ1n) is 6.09. The predicted octanol–water partition coefficient (Wildman–Crippen LogP) is 0.999. The van der Waals surface area contributed by atoms with Crippen LogP contribution in [0.2, 0.25) is 0 Å². The number of benzene rings is 1. The average Bonchev–Trinajstić information content (AvgIpc) is 3.11. The third-order valence-electron chi connectivity index (χ3n) is 3.00. The number of hydrogen-bond donors (Lipinski definition) is 2. The molecule has 1 fully saturated rings. The zero-order valence-corrected chi connectivity index (χ0v) is 10.4. The Morgan fingerprint density at radius 2 is 2.28 bits per heavy atom. The van der Waals surface area contributed by atoms with Crippen molar-refractivity contribution in [2.45, 2.75) is 25.4 Å². The van der Waals surface area contributed by atoms with Gasteiger partial charge in [-0.05, 0) is 24.5 Å². The van der Waals surface area contributed by atoms with E-state index in [4.69, 9.17) is 5.73 Å². The van der Waals surface area contributed by atoms with Gasteiger partial charge in [-0.25, -0.2) is 4.39 Å². The smallest absolute Gasteiger partial charge is 0.239 e. The Kier molecular flexibility index (Phi) is 3.81. The van der Waals surface area contributed by atoms with E-state index in [1.54, 1.807) is 24.1 Å². The van der Waals surface area contributed by atoms with Gasteiger partial charge in [-0.15, -0.1) is 0 Å². The lowest BCUT2D eigenvalue weighted by atomic mass is 10.1. The Morgan fingerprint density at radius 3 is 2.89 bits per heavy atom. The quantitative estimate of drug-likeness (QED) is 0.820. The summed E-state index contributed by atoms with van der Waals surface area (Å²) in [5, 5.41) is 2.88. The second-order valence-corrected chi connectivity index (χ2v) is 4.65. The minimum atomic E-state index is -0.348. The number of carbonyl (C=O) groups is 1. The number of likely N-dealkylation sites (N-methyl/N-ethyl adjacent to an activating group) is 1. The Morgan fingerprint density at radius 1 is 1.56 bits per heavy atom. The molecule has 1 aliphatic carbocycles. The molecule has 0 unspecified atom stereocenters. The maximum absolute atomic E-state index is 13.8. The highest BCUT2D eigenvalue weighted by Crippen LogP contribution is 2.23. The number of rotatable bonds is 5. The fourth-order valence-corrected chi connectivity index (χ4v) is 1.95. The molecule has 1 amide bonds. The highest BCUT2D eigenvalue weighted by atomic mass is 19.1. The summed E-state index contributed by atoms with van der Waals surface area (Å²) in [6.45, 7) is 0.395. The summed E-state index contributed by atoms with van der Waals surface area (Å²) in [5.41, 5.74) is 6.70. The molecule has 18 heavy (non-hydrogen) atoms. The van der Waals surface area contributed by atoms with Gasteiger partial charge in [0.05, 0.1) is 12.2 Å². The van der Waals surface area contributed by atoms with Crippen LogP contribution in [-0.4, -0.2) is 25.5 Å². The molecule has 0 heterocycles. The van der Waals surface area contributed by atoms with Gasteiger partial charge in [0.15, 0.2) is 0 Å². The molecule has 1 aromatic carbocycles. The van der Waals surface area contributed by atoms with Crippen molar-refractivity contribution in [1.29, 1.82) is 0 Å². The van der Waals surface area contributed by atoms with E-state index in [1.165, 1.54) is 6.07 Å². The van der Waals surface area contributed by atoms with Crippen molar-refractivity contribution in [2.24, 2.45) is 5.73 Å². The summed E-state index contributed by atoms with van der Waals surface area (Å²) in [4.78, 5) is 13.3. The molecule has 5 heteroatoms. The number of nitrogens with two attached hydrogens (primary N) is 1. The Balaban J connectivity index is 2.07. The number of amides is 1. The highest BCUT2D eigenvalue weighted by molar-refractivity contribution is 5.82. The minimum absolute atomic E-state index is 0.0776. The van der Waals surface area contributed by atoms with E-state index in [1.807, 2.05) is 0 Å². The molecule has 3 N–H and O–H groups in total. The number of carbonyl (C=O) groups excluding carboxylic acids is 1. The van der Waals surface area contributed by atoms with Crippen molar-refractivity contribution in [3.8, 4) is 0 Å². The second kappa shape index (κ2) is 5.35. The van der Waals surface area contributed by atoms with Crippen LogP contribution in [0.5, 0.6) is 0 Å². The molecule has 0 aliphatic heterocycles. The predicted molar refractivity (Wildman–Crippen MR) is 68.7 cm³/mol. The molecule has 1 aromatic rings. The topological polar surface area (TPSA) is 58.4 Å². The minimum Gasteiger partial charge on any atom is -0.363 e. The van der Waals surface area contributed by atoms with Crippen LogP contribution in [0.25, 0.3) is 0 Å². The summed E-state index contributed by atoms with van der Waals surface area (Å²) in [6, 6.07) is 5.09. The number of halogens is 1. The number of hydrogen-bond acceptors (Lipinski definition) is 3. The first kappa shape index (κ1) is 12.8. The monoisotopic (exact) mass is 251 g/mol. The van der Waals surface area contributed by atoms with Crippen LogP contribution in [0.1, 0.15) is 18.4 Å². The van der Waals surface area contributed by atoms with Gasteiger partial charge in [-0.3, -0.25) is 4.79 Å². The van der Waals surface area contributed by atoms with Crippen molar-refractivity contribution in [3.05, 3.63) is 29.6 Å². The number of nitrogens with one attached hydrogen (secondary N) is 1. The van der Waals surface area contributed by atoms with E-state index in [-0.39, 0.29) is 24.8 Å². The van der Waals surface area contributed by atoms with Crippen molar-refractivity contribution < 1.29 is 9.18 Å². The van der Waals surface area contributed by atoms with E-state index >= 15 is 0 Å². The van der Waals surface area contributed by atoms with Gasteiger partial charge in [0, 0.05) is 19.6 Å². The van der Waals surface area contributed by atoms with Gasteiger partial charge in [0.1, 0.15) is 5.82 Å². The molecule has 1 aliphatic rings. The molecule has 98 valence electrons. The molecule has 0 bridgehead atoms. The lowest BCUT2D eigenvalue weighted by Gasteiger charge is -2.22. The second-order valence-electron chi connectivity index (χ2n) is 4.65. The van der Waals surface area contributed by atoms with Gasteiger partial charge in [-0.1, -0.05) is 12.1 Å². The van der Waals surface area contributed by atoms with E-state index in [0.29, 0.717) is 17.3 Å². The number of nitrogens with zero attached hydrogens (tertiary/aromatic N) is 1. The van der Waals surface area contributed by atoms with Crippen molar-refractivity contribution in [3.63, 3.8) is 0 Å². The van der Waals surface area contributed by atoms with E-state index in [9.17, 15) is 9.18 Å². The average molecular weight is 251 g/mol. The SMILES string of the molecule is CN(CC(=O)NC1CC1)c1c(F)cccc1CN. The number of para-hydroxylation sites is 1. The molecule has 2 rings (SSSR count). The first-order valence-corrected chi connectivity index (χ1v) is 6.09. The van der Waals surface area contributed by atoms with Gasteiger partial charge in [0.25, 0.3) is 0 Å². The van der Waals surface area contributed by atoms with Crippen LogP contribution in [0.3, 0.4) is 0 Å². The van der Waals surface area contributed by atoms with Crippen LogP contribution >= 0.6 is 0 Å². The zero-order valence-electron chi connectivity index (χ0n) is 10.4. The van der Waals surface area contributed by atoms with Crippen LogP contribution in [0.4, 0.5) is 10.1 Å². The van der Waals surface area contributed by atoms with E-state index < -0.39 is 0 Å². The lowest BCUT2D eigenvalue weighted by molar-refractivity contribution is -0.119. The summed E-state index contributed by atoms with van der Waals surface area (Å²) >= 11 is 0. The van der Waals surface area contributed by atoms with Gasteiger partial charge >= 0.3 is 0 Å². The molecular formula is C13H18FN3O. The van der Waals surface area contributed by atoms with Crippen LogP contribution in [0.15, 0.2) is 18.2 Å². The number of anilines is 1. The fraction of sp³-hybridized carbons (Fsp3) is 0.462. The molecular weight excluding hydrogens is 233 g/mol. The highest BCUT2D eigenvalue weighted by Gasteiger charge is 2.24. The summed E-state index contributed by atoms with van der Waals surface area (Å²) in [7, 11) is 1.70. The largest absolute Gasteiger partial charge is 0.363 e. The van der Waals surface area contributed by atoms with Crippen LogP contribution in [0, 0.1) is 5.82 Å². The Hall–Kier alpha value is -1.62. The van der Waals surface area contributed by atoms with Crippen LogP contribution in [-0.2, 0) is 11.3 Å². The van der Waals surface area contributed by atoms with E-state index in [2.05, 4.69) is 5.32 Å². The maximum atomic E-state index is 13.8. The molecule has 0 saturated heterocycles. The summed E-state index contributed by atoms with van der Waals surface area (Å²) in [6.07, 6.45) is 2.09. The van der Waals surface area contributed by atoms with E-state index in [0.717, 1.165) is 12.8 Å². The first-order chi connectivity index (χ1) is 8.61. The van der Waals surface area contributed by atoms with Crippen molar-refractivity contribution in [2.75, 3.05) is 18.5 Å².